The molecule has 2 aromatic heterocycles. The number of carbonyl (C=O) groups is 2. The lowest BCUT2D eigenvalue weighted by atomic mass is 10.3. The van der Waals surface area contributed by atoms with Gasteiger partial charge >= 0.3 is 0 Å². The summed E-state index contributed by atoms with van der Waals surface area (Å²) in [6, 6.07) is 2.51. The summed E-state index contributed by atoms with van der Waals surface area (Å²) in [5.74, 6) is -1.90. The first-order valence-corrected chi connectivity index (χ1v) is 6.78. The minimum absolute atomic E-state index is 0.00610. The molecule has 1 fully saturated rings. The number of hydrogen-bond donors (Lipinski definition) is 2. The first-order valence-electron chi connectivity index (χ1n) is 6.78. The highest BCUT2D eigenvalue weighted by Gasteiger charge is 2.26. The number of nitrogens with zero attached hydrogens (tertiary/aromatic N) is 4. The summed E-state index contributed by atoms with van der Waals surface area (Å²) < 4.78 is 13.5. The lowest BCUT2D eigenvalue weighted by molar-refractivity contribution is 0.0788. The lowest BCUT2D eigenvalue weighted by Crippen LogP contribution is -2.29. The maximum atomic E-state index is 13.5. The highest BCUT2D eigenvalue weighted by Crippen LogP contribution is 2.16. The molecule has 2 aromatic rings. The molecule has 1 saturated heterocycles. The topological polar surface area (TPSA) is 104 Å². The number of hydrogen-bond acceptors (Lipinski definition) is 5. The normalized spacial score (nSPS) is 14.1. The van der Waals surface area contributed by atoms with Crippen LogP contribution in [0.4, 0.5) is 10.2 Å². The number of anilines is 1. The molecule has 8 nitrogen and oxygen atoms in total. The molecule has 2 N–H and O–H groups in total. The van der Waals surface area contributed by atoms with Crippen molar-refractivity contribution in [1.29, 1.82) is 0 Å². The zero-order valence-electron chi connectivity index (χ0n) is 11.5. The summed E-state index contributed by atoms with van der Waals surface area (Å²) in [6.45, 7) is 1.29. The van der Waals surface area contributed by atoms with Gasteiger partial charge < -0.3 is 10.2 Å². The molecule has 22 heavy (non-hydrogen) atoms. The van der Waals surface area contributed by atoms with E-state index in [0.717, 1.165) is 18.9 Å². The molecule has 0 spiro atoms. The Morgan fingerprint density at radius 1 is 1.23 bits per heavy atom. The number of aromatic nitrogens is 4. The largest absolute Gasteiger partial charge is 0.337 e. The molecule has 3 heterocycles. The van der Waals surface area contributed by atoms with Crippen molar-refractivity contribution in [2.45, 2.75) is 12.8 Å². The van der Waals surface area contributed by atoms with E-state index in [4.69, 9.17) is 0 Å². The van der Waals surface area contributed by atoms with Crippen molar-refractivity contribution in [1.82, 2.24) is 25.3 Å². The lowest BCUT2D eigenvalue weighted by Gasteiger charge is -2.13. The molecule has 9 heteroatoms. The zero-order chi connectivity index (χ0) is 15.5. The van der Waals surface area contributed by atoms with Crippen LogP contribution in [0.3, 0.4) is 0 Å². The molecular formula is C13H13FN6O2. The average molecular weight is 304 g/mol. The molecule has 0 bridgehead atoms. The summed E-state index contributed by atoms with van der Waals surface area (Å²) in [4.78, 5) is 29.6. The third-order valence-electron chi connectivity index (χ3n) is 3.35. The van der Waals surface area contributed by atoms with Gasteiger partial charge in [-0.05, 0) is 25.0 Å². The molecule has 3 rings (SSSR count). The Morgan fingerprint density at radius 2 is 2.00 bits per heavy atom. The van der Waals surface area contributed by atoms with E-state index in [1.807, 2.05) is 0 Å². The predicted molar refractivity (Wildman–Crippen MR) is 73.7 cm³/mol. The molecule has 0 atom stereocenters. The fraction of sp³-hybridized carbons (Fsp3) is 0.308. The van der Waals surface area contributed by atoms with E-state index in [1.165, 1.54) is 12.3 Å². The highest BCUT2D eigenvalue weighted by molar-refractivity contribution is 6.06. The third kappa shape index (κ3) is 2.65. The standard InChI is InChI=1S/C13H13FN6O2/c14-8-4-3-5-15-9(8)12(21)16-11-10(17-19-18-11)13(22)20-6-1-2-7-20/h3-5H,1-2,6-7H2,(H2,16,17,18,19,21). The van der Waals surface area contributed by atoms with E-state index in [-0.39, 0.29) is 23.1 Å². The van der Waals surface area contributed by atoms with Crippen molar-refractivity contribution < 1.29 is 14.0 Å². The maximum absolute atomic E-state index is 13.5. The first-order chi connectivity index (χ1) is 10.7. The number of halogens is 1. The SMILES string of the molecule is O=C(Nc1n[nH]nc1C(=O)N1CCCC1)c1ncccc1F. The van der Waals surface area contributed by atoms with Gasteiger partial charge in [0.2, 0.25) is 0 Å². The van der Waals surface area contributed by atoms with Crippen LogP contribution < -0.4 is 5.32 Å². The molecule has 0 aliphatic carbocycles. The molecule has 1 aliphatic heterocycles. The maximum Gasteiger partial charge on any atom is 0.278 e. The van der Waals surface area contributed by atoms with Gasteiger partial charge in [-0.3, -0.25) is 9.59 Å². The van der Waals surface area contributed by atoms with Gasteiger partial charge in [-0.25, -0.2) is 9.37 Å². The molecule has 0 radical (unpaired) electrons. The molecule has 1 aliphatic rings. The van der Waals surface area contributed by atoms with Gasteiger partial charge in [0.15, 0.2) is 23.0 Å². The fourth-order valence-electron chi connectivity index (χ4n) is 2.26. The summed E-state index contributed by atoms with van der Waals surface area (Å²) in [5.41, 5.74) is -0.364. The Labute approximate surface area is 124 Å². The van der Waals surface area contributed by atoms with Crippen LogP contribution in [0.5, 0.6) is 0 Å². The zero-order valence-corrected chi connectivity index (χ0v) is 11.5. The van der Waals surface area contributed by atoms with Gasteiger partial charge in [0, 0.05) is 19.3 Å². The van der Waals surface area contributed by atoms with Crippen molar-refractivity contribution in [3.05, 3.63) is 35.5 Å². The van der Waals surface area contributed by atoms with Gasteiger partial charge in [0.1, 0.15) is 0 Å². The monoisotopic (exact) mass is 304 g/mol. The summed E-state index contributed by atoms with van der Waals surface area (Å²) in [7, 11) is 0. The molecular weight excluding hydrogens is 291 g/mol. The van der Waals surface area contributed by atoms with Gasteiger partial charge in [0.05, 0.1) is 0 Å². The van der Waals surface area contributed by atoms with Gasteiger partial charge in [-0.2, -0.15) is 5.21 Å². The first kappa shape index (κ1) is 14.1. The van der Waals surface area contributed by atoms with Crippen LogP contribution >= 0.6 is 0 Å². The quantitative estimate of drug-likeness (QED) is 0.874. The van der Waals surface area contributed by atoms with Gasteiger partial charge in [-0.15, -0.1) is 10.2 Å². The predicted octanol–water partition coefficient (Wildman–Crippen LogP) is 0.827. The Hall–Kier alpha value is -2.84. The third-order valence-corrected chi connectivity index (χ3v) is 3.35. The van der Waals surface area contributed by atoms with Crippen LogP contribution in [-0.2, 0) is 0 Å². The highest BCUT2D eigenvalue weighted by atomic mass is 19.1. The van der Waals surface area contributed by atoms with E-state index in [0.29, 0.717) is 13.1 Å². The molecule has 0 unspecified atom stereocenters. The number of carbonyl (C=O) groups excluding carboxylic acids is 2. The Bertz CT molecular complexity index is 710. The number of amides is 2. The van der Waals surface area contributed by atoms with Crippen LogP contribution in [-0.4, -0.2) is 50.2 Å². The molecule has 114 valence electrons. The summed E-state index contributed by atoms with van der Waals surface area (Å²) >= 11 is 0. The van der Waals surface area contributed by atoms with Crippen molar-refractivity contribution >= 4 is 17.6 Å². The number of rotatable bonds is 3. The van der Waals surface area contributed by atoms with E-state index in [1.54, 1.807) is 4.90 Å². The van der Waals surface area contributed by atoms with Gasteiger partial charge in [-0.1, -0.05) is 0 Å². The average Bonchev–Trinajstić information content (AvgIpc) is 3.18. The van der Waals surface area contributed by atoms with E-state index in [2.05, 4.69) is 25.7 Å². The molecule has 0 saturated carbocycles. The van der Waals surface area contributed by atoms with Crippen molar-refractivity contribution in [2.75, 3.05) is 18.4 Å². The summed E-state index contributed by atoms with van der Waals surface area (Å²) in [5, 5.41) is 12.2. The van der Waals surface area contributed by atoms with Crippen LogP contribution in [0.15, 0.2) is 18.3 Å². The van der Waals surface area contributed by atoms with Crippen LogP contribution in [0.2, 0.25) is 0 Å². The van der Waals surface area contributed by atoms with Crippen molar-refractivity contribution in [3.63, 3.8) is 0 Å². The second kappa shape index (κ2) is 5.88. The number of nitrogens with one attached hydrogen (secondary N) is 2. The van der Waals surface area contributed by atoms with Crippen molar-refractivity contribution in [2.24, 2.45) is 0 Å². The van der Waals surface area contributed by atoms with Crippen LogP contribution in [0.1, 0.15) is 33.8 Å². The Kier molecular flexibility index (Phi) is 3.77. The second-order valence-corrected chi connectivity index (χ2v) is 4.81. The number of likely N-dealkylation sites (tertiary alicyclic amines) is 1. The number of H-pyrrole nitrogens is 1. The van der Waals surface area contributed by atoms with Gasteiger partial charge in [0.25, 0.3) is 11.8 Å². The van der Waals surface area contributed by atoms with Crippen LogP contribution in [0.25, 0.3) is 0 Å². The smallest absolute Gasteiger partial charge is 0.278 e. The Balaban J connectivity index is 1.79. The minimum atomic E-state index is -0.789. The minimum Gasteiger partial charge on any atom is -0.337 e. The van der Waals surface area contributed by atoms with E-state index >= 15 is 0 Å². The van der Waals surface area contributed by atoms with Crippen LogP contribution in [0, 0.1) is 5.82 Å². The number of pyridine rings is 1. The second-order valence-electron chi connectivity index (χ2n) is 4.81. The van der Waals surface area contributed by atoms with E-state index < -0.39 is 11.7 Å². The Morgan fingerprint density at radius 3 is 2.73 bits per heavy atom. The van der Waals surface area contributed by atoms with E-state index in [9.17, 15) is 14.0 Å². The number of aromatic amines is 1. The summed E-state index contributed by atoms with van der Waals surface area (Å²) in [6.07, 6.45) is 3.17. The van der Waals surface area contributed by atoms with Crippen molar-refractivity contribution in [3.8, 4) is 0 Å². The fourth-order valence-corrected chi connectivity index (χ4v) is 2.26. The molecule has 0 aromatic carbocycles. The molecule has 2 amide bonds.